The SMILES string of the molecule is C[C@](N)(CO)C(=O)Nc1ccc(OCCCCC2CC=CS2)cc1. The molecule has 4 N–H and O–H groups in total. The van der Waals surface area contributed by atoms with E-state index >= 15 is 0 Å². The van der Waals surface area contributed by atoms with Gasteiger partial charge < -0.3 is 20.9 Å². The summed E-state index contributed by atoms with van der Waals surface area (Å²) in [5, 5.41) is 14.7. The summed E-state index contributed by atoms with van der Waals surface area (Å²) in [7, 11) is 0. The average Bonchev–Trinajstić information content (AvgIpc) is 3.09. The highest BCUT2D eigenvalue weighted by molar-refractivity contribution is 8.03. The first-order valence-corrected chi connectivity index (χ1v) is 9.20. The number of carbonyl (C=O) groups is 1. The Morgan fingerprint density at radius 2 is 2.17 bits per heavy atom. The molecule has 0 bridgehead atoms. The number of amides is 1. The lowest BCUT2D eigenvalue weighted by molar-refractivity contribution is -0.121. The second-order valence-corrected chi connectivity index (χ2v) is 7.47. The lowest BCUT2D eigenvalue weighted by Gasteiger charge is -2.20. The minimum Gasteiger partial charge on any atom is -0.494 e. The van der Waals surface area contributed by atoms with Crippen molar-refractivity contribution in [2.24, 2.45) is 5.73 Å². The standard InChI is InChI=1S/C18H26N2O3S/c1-18(19,13-21)17(22)20-14-7-9-15(10-8-14)23-11-3-2-5-16-6-4-12-24-16/h4,7-10,12,16,21H,2-3,5-6,11,13,19H2,1H3,(H,20,22)/t16?,18-/m0/s1. The van der Waals surface area contributed by atoms with Gasteiger partial charge in [-0.15, -0.1) is 11.8 Å². The van der Waals surface area contributed by atoms with Crippen LogP contribution in [0.15, 0.2) is 35.7 Å². The minimum atomic E-state index is -1.29. The number of hydrogen-bond donors (Lipinski definition) is 3. The molecular weight excluding hydrogens is 324 g/mol. The molecule has 0 fully saturated rings. The third-order valence-electron chi connectivity index (χ3n) is 3.91. The van der Waals surface area contributed by atoms with E-state index in [2.05, 4.69) is 16.8 Å². The highest BCUT2D eigenvalue weighted by Gasteiger charge is 2.27. The fourth-order valence-corrected chi connectivity index (χ4v) is 3.23. The van der Waals surface area contributed by atoms with Gasteiger partial charge in [0.1, 0.15) is 11.3 Å². The van der Waals surface area contributed by atoms with Gasteiger partial charge in [-0.05, 0) is 62.3 Å². The lowest BCUT2D eigenvalue weighted by atomic mass is 10.0. The molecule has 0 saturated carbocycles. The number of anilines is 1. The highest BCUT2D eigenvalue weighted by atomic mass is 32.2. The summed E-state index contributed by atoms with van der Waals surface area (Å²) in [4.78, 5) is 11.9. The Bertz CT molecular complexity index is 550. The van der Waals surface area contributed by atoms with Crippen LogP contribution in [0.3, 0.4) is 0 Å². The number of aliphatic hydroxyl groups is 1. The first-order chi connectivity index (χ1) is 11.5. The van der Waals surface area contributed by atoms with Gasteiger partial charge in [0.05, 0.1) is 13.2 Å². The van der Waals surface area contributed by atoms with Gasteiger partial charge in [-0.2, -0.15) is 0 Å². The third kappa shape index (κ3) is 5.85. The zero-order valence-electron chi connectivity index (χ0n) is 14.0. The lowest BCUT2D eigenvalue weighted by Crippen LogP contribution is -2.51. The van der Waals surface area contributed by atoms with E-state index in [1.165, 1.54) is 26.2 Å². The first-order valence-electron chi connectivity index (χ1n) is 8.26. The quantitative estimate of drug-likeness (QED) is 0.596. The summed E-state index contributed by atoms with van der Waals surface area (Å²) >= 11 is 1.93. The number of carbonyl (C=O) groups excluding carboxylic acids is 1. The van der Waals surface area contributed by atoms with Crippen molar-refractivity contribution in [3.05, 3.63) is 35.7 Å². The van der Waals surface area contributed by atoms with Crippen LogP contribution in [0.2, 0.25) is 0 Å². The van der Waals surface area contributed by atoms with Crippen molar-refractivity contribution in [1.82, 2.24) is 0 Å². The van der Waals surface area contributed by atoms with Crippen LogP contribution in [0.1, 0.15) is 32.6 Å². The van der Waals surface area contributed by atoms with Gasteiger partial charge in [-0.25, -0.2) is 0 Å². The number of aliphatic hydroxyl groups excluding tert-OH is 1. The van der Waals surface area contributed by atoms with Gasteiger partial charge in [0.25, 0.3) is 0 Å². The van der Waals surface area contributed by atoms with Crippen molar-refractivity contribution in [2.45, 2.75) is 43.4 Å². The molecule has 24 heavy (non-hydrogen) atoms. The minimum absolute atomic E-state index is 0.407. The van der Waals surface area contributed by atoms with Gasteiger partial charge in [0, 0.05) is 10.9 Å². The Labute approximate surface area is 147 Å². The van der Waals surface area contributed by atoms with E-state index in [1.807, 2.05) is 23.9 Å². The summed E-state index contributed by atoms with van der Waals surface area (Å²) in [6, 6.07) is 7.17. The molecule has 1 aliphatic heterocycles. The molecule has 1 aromatic carbocycles. The number of rotatable bonds is 9. The van der Waals surface area contributed by atoms with Crippen molar-refractivity contribution in [1.29, 1.82) is 0 Å². The number of thioether (sulfide) groups is 1. The number of hydrogen-bond acceptors (Lipinski definition) is 5. The number of allylic oxidation sites excluding steroid dienone is 1. The normalized spacial score (nSPS) is 19.0. The van der Waals surface area contributed by atoms with E-state index in [9.17, 15) is 4.79 Å². The zero-order valence-corrected chi connectivity index (χ0v) is 14.8. The zero-order chi connectivity index (χ0) is 17.4. The molecule has 132 valence electrons. The molecule has 1 heterocycles. The second-order valence-electron chi connectivity index (χ2n) is 6.26. The van der Waals surface area contributed by atoms with Gasteiger partial charge in [-0.3, -0.25) is 4.79 Å². The van der Waals surface area contributed by atoms with Gasteiger partial charge >= 0.3 is 0 Å². The molecule has 1 amide bonds. The van der Waals surface area contributed by atoms with Gasteiger partial charge in [-0.1, -0.05) is 6.08 Å². The van der Waals surface area contributed by atoms with Crippen molar-refractivity contribution in [3.63, 3.8) is 0 Å². The summed E-state index contributed by atoms with van der Waals surface area (Å²) in [6.45, 7) is 1.78. The maximum atomic E-state index is 11.9. The Morgan fingerprint density at radius 3 is 2.79 bits per heavy atom. The monoisotopic (exact) mass is 350 g/mol. The van der Waals surface area contributed by atoms with Crippen LogP contribution in [-0.4, -0.2) is 35.0 Å². The molecule has 6 heteroatoms. The van der Waals surface area contributed by atoms with E-state index in [0.29, 0.717) is 12.3 Å². The Morgan fingerprint density at radius 1 is 1.42 bits per heavy atom. The first kappa shape index (κ1) is 18.8. The van der Waals surface area contributed by atoms with Crippen LogP contribution in [0.25, 0.3) is 0 Å². The average molecular weight is 350 g/mol. The topological polar surface area (TPSA) is 84.6 Å². The number of nitrogens with two attached hydrogens (primary N) is 1. The molecule has 1 aliphatic rings. The molecule has 1 unspecified atom stereocenters. The summed E-state index contributed by atoms with van der Waals surface area (Å²) in [6.07, 6.45) is 6.87. The molecular formula is C18H26N2O3S. The van der Waals surface area contributed by atoms with Crippen LogP contribution in [0, 0.1) is 0 Å². The number of unbranched alkanes of at least 4 members (excludes halogenated alkanes) is 1. The largest absolute Gasteiger partial charge is 0.494 e. The number of nitrogens with one attached hydrogen (secondary N) is 1. The van der Waals surface area contributed by atoms with Crippen molar-refractivity contribution >= 4 is 23.4 Å². The Hall–Kier alpha value is -1.50. The molecule has 0 aromatic heterocycles. The number of ether oxygens (including phenoxy) is 1. The predicted molar refractivity (Wildman–Crippen MR) is 99.2 cm³/mol. The van der Waals surface area contributed by atoms with Crippen LogP contribution < -0.4 is 15.8 Å². The molecule has 0 spiro atoms. The molecule has 2 rings (SSSR count). The number of benzene rings is 1. The Balaban J connectivity index is 1.67. The molecule has 0 saturated heterocycles. The molecule has 0 radical (unpaired) electrons. The fraction of sp³-hybridized carbons (Fsp3) is 0.500. The van der Waals surface area contributed by atoms with E-state index in [1.54, 1.807) is 12.1 Å². The summed E-state index contributed by atoms with van der Waals surface area (Å²) in [5.74, 6) is 0.362. The highest BCUT2D eigenvalue weighted by Crippen LogP contribution is 2.28. The maximum absolute atomic E-state index is 11.9. The molecule has 5 nitrogen and oxygen atoms in total. The predicted octanol–water partition coefficient (Wildman–Crippen LogP) is 2.90. The second kappa shape index (κ2) is 9.11. The molecule has 2 atom stereocenters. The van der Waals surface area contributed by atoms with Crippen LogP contribution in [0.5, 0.6) is 5.75 Å². The van der Waals surface area contributed by atoms with Gasteiger partial charge in [0.2, 0.25) is 5.91 Å². The van der Waals surface area contributed by atoms with Crippen molar-refractivity contribution in [3.8, 4) is 5.75 Å². The van der Waals surface area contributed by atoms with E-state index in [-0.39, 0.29) is 0 Å². The van der Waals surface area contributed by atoms with Crippen molar-refractivity contribution in [2.75, 3.05) is 18.5 Å². The smallest absolute Gasteiger partial charge is 0.246 e. The summed E-state index contributed by atoms with van der Waals surface area (Å²) in [5.41, 5.74) is 5.02. The van der Waals surface area contributed by atoms with Crippen molar-refractivity contribution < 1.29 is 14.6 Å². The van der Waals surface area contributed by atoms with Crippen LogP contribution in [-0.2, 0) is 4.79 Å². The Kier molecular flexibility index (Phi) is 7.15. The third-order valence-corrected chi connectivity index (χ3v) is 5.08. The van der Waals surface area contributed by atoms with E-state index < -0.39 is 18.1 Å². The van der Waals surface area contributed by atoms with Crippen LogP contribution >= 0.6 is 11.8 Å². The fourth-order valence-electron chi connectivity index (χ4n) is 2.26. The van der Waals surface area contributed by atoms with E-state index in [0.717, 1.165) is 17.4 Å². The maximum Gasteiger partial charge on any atom is 0.246 e. The molecule has 0 aliphatic carbocycles. The van der Waals surface area contributed by atoms with Crippen LogP contribution in [0.4, 0.5) is 5.69 Å². The molecule has 1 aromatic rings. The van der Waals surface area contributed by atoms with E-state index in [4.69, 9.17) is 15.6 Å². The van der Waals surface area contributed by atoms with Gasteiger partial charge in [0.15, 0.2) is 0 Å². The summed E-state index contributed by atoms with van der Waals surface area (Å²) < 4.78 is 5.72.